The minimum atomic E-state index is -0.164. The molecule has 0 aromatic heterocycles. The molecule has 0 spiro atoms. The van der Waals surface area contributed by atoms with Crippen LogP contribution in [-0.2, 0) is 4.79 Å². The maximum Gasteiger partial charge on any atom is 0.236 e. The number of hydrogen-bond donors (Lipinski definition) is 2. The molecule has 0 aromatic rings. The van der Waals surface area contributed by atoms with Gasteiger partial charge in [-0.05, 0) is 13.0 Å². The van der Waals surface area contributed by atoms with Crippen molar-refractivity contribution in [2.24, 2.45) is 10.8 Å². The van der Waals surface area contributed by atoms with Crippen LogP contribution >= 0.6 is 0 Å². The van der Waals surface area contributed by atoms with Crippen molar-refractivity contribution >= 4 is 12.1 Å². The first-order chi connectivity index (χ1) is 5.27. The van der Waals surface area contributed by atoms with Gasteiger partial charge in [0.2, 0.25) is 5.91 Å². The van der Waals surface area contributed by atoms with E-state index in [1.807, 2.05) is 13.8 Å². The molecule has 0 aliphatic heterocycles. The molecule has 0 aliphatic rings. The number of nitrogens with zero attached hydrogens (tertiary/aromatic N) is 1. The van der Waals surface area contributed by atoms with Gasteiger partial charge in [0.15, 0.2) is 0 Å². The summed E-state index contributed by atoms with van der Waals surface area (Å²) in [4.78, 5) is 10.2. The van der Waals surface area contributed by atoms with Crippen molar-refractivity contribution in [2.45, 2.75) is 27.2 Å². The van der Waals surface area contributed by atoms with Gasteiger partial charge in [0.05, 0.1) is 0 Å². The standard InChI is InChI=1S/C5H11N3O.C2H6/c1-5(9)8-7-4-2-3-6;1-2/h4H,2-3,6H2,1H3,(H,8,9);1-2H3/b7-4+;. The van der Waals surface area contributed by atoms with E-state index < -0.39 is 0 Å². The number of hydrazone groups is 1. The van der Waals surface area contributed by atoms with E-state index in [1.165, 1.54) is 6.92 Å². The van der Waals surface area contributed by atoms with Gasteiger partial charge in [-0.1, -0.05) is 13.8 Å². The summed E-state index contributed by atoms with van der Waals surface area (Å²) in [5, 5.41) is 3.56. The van der Waals surface area contributed by atoms with Crippen LogP contribution in [0.3, 0.4) is 0 Å². The average molecular weight is 159 g/mol. The van der Waals surface area contributed by atoms with Crippen LogP contribution in [0.5, 0.6) is 0 Å². The molecule has 4 heteroatoms. The van der Waals surface area contributed by atoms with Crippen molar-refractivity contribution in [3.63, 3.8) is 0 Å². The molecule has 0 bridgehead atoms. The Morgan fingerprint density at radius 3 is 2.55 bits per heavy atom. The van der Waals surface area contributed by atoms with Crippen LogP contribution < -0.4 is 11.2 Å². The Labute approximate surface area is 67.9 Å². The summed E-state index contributed by atoms with van der Waals surface area (Å²) in [5.41, 5.74) is 7.40. The highest BCUT2D eigenvalue weighted by molar-refractivity contribution is 5.73. The predicted octanol–water partition coefficient (Wildman–Crippen LogP) is 0.483. The second kappa shape index (κ2) is 11.8. The molecule has 0 radical (unpaired) electrons. The molecular formula is C7H17N3O. The molecule has 0 aliphatic carbocycles. The smallest absolute Gasteiger partial charge is 0.236 e. The third-order valence-corrected chi connectivity index (χ3v) is 0.609. The van der Waals surface area contributed by atoms with Gasteiger partial charge in [0, 0.05) is 13.1 Å². The predicted molar refractivity (Wildman–Crippen MR) is 47.3 cm³/mol. The summed E-state index contributed by atoms with van der Waals surface area (Å²) in [7, 11) is 0. The molecule has 4 nitrogen and oxygen atoms in total. The highest BCUT2D eigenvalue weighted by Gasteiger charge is 1.80. The lowest BCUT2D eigenvalue weighted by atomic mass is 10.5. The Balaban J connectivity index is 0. The molecular weight excluding hydrogens is 142 g/mol. The molecule has 0 unspecified atom stereocenters. The number of carbonyl (C=O) groups excluding carboxylic acids is 1. The SMILES string of the molecule is CC.CC(=O)N/N=C/CCN. The number of nitrogens with one attached hydrogen (secondary N) is 1. The molecule has 0 fully saturated rings. The average Bonchev–Trinajstić information content (AvgIpc) is 2.02. The molecule has 0 aromatic carbocycles. The quantitative estimate of drug-likeness (QED) is 0.464. The highest BCUT2D eigenvalue weighted by Crippen LogP contribution is 1.65. The Morgan fingerprint density at radius 1 is 1.64 bits per heavy atom. The van der Waals surface area contributed by atoms with Crippen molar-refractivity contribution in [1.29, 1.82) is 0 Å². The van der Waals surface area contributed by atoms with Crippen molar-refractivity contribution in [2.75, 3.05) is 6.54 Å². The fourth-order valence-electron chi connectivity index (χ4n) is 0.276. The van der Waals surface area contributed by atoms with E-state index in [9.17, 15) is 4.79 Å². The van der Waals surface area contributed by atoms with E-state index in [0.717, 1.165) is 0 Å². The Morgan fingerprint density at radius 2 is 2.18 bits per heavy atom. The number of carbonyl (C=O) groups is 1. The van der Waals surface area contributed by atoms with Crippen molar-refractivity contribution in [3.8, 4) is 0 Å². The molecule has 0 atom stereocenters. The van der Waals surface area contributed by atoms with E-state index in [0.29, 0.717) is 13.0 Å². The van der Waals surface area contributed by atoms with Crippen LogP contribution in [0.4, 0.5) is 0 Å². The number of hydrogen-bond acceptors (Lipinski definition) is 3. The van der Waals surface area contributed by atoms with Gasteiger partial charge >= 0.3 is 0 Å². The normalized spacial score (nSPS) is 8.73. The van der Waals surface area contributed by atoms with E-state index in [2.05, 4.69) is 10.5 Å². The molecule has 0 saturated heterocycles. The van der Waals surface area contributed by atoms with Crippen LogP contribution in [0.25, 0.3) is 0 Å². The van der Waals surface area contributed by atoms with Crippen molar-refractivity contribution < 1.29 is 4.79 Å². The van der Waals surface area contributed by atoms with Gasteiger partial charge in [-0.25, -0.2) is 5.43 Å². The lowest BCUT2D eigenvalue weighted by molar-refractivity contribution is -0.118. The third kappa shape index (κ3) is 17.6. The first-order valence-corrected chi connectivity index (χ1v) is 3.75. The zero-order chi connectivity index (χ0) is 9.11. The van der Waals surface area contributed by atoms with E-state index in [1.54, 1.807) is 6.21 Å². The molecule has 66 valence electrons. The summed E-state index contributed by atoms with van der Waals surface area (Å²) >= 11 is 0. The molecule has 11 heavy (non-hydrogen) atoms. The van der Waals surface area contributed by atoms with E-state index in [-0.39, 0.29) is 5.91 Å². The minimum Gasteiger partial charge on any atom is -0.330 e. The molecule has 0 rings (SSSR count). The topological polar surface area (TPSA) is 67.5 Å². The van der Waals surface area contributed by atoms with Gasteiger partial charge in [-0.15, -0.1) is 0 Å². The third-order valence-electron chi connectivity index (χ3n) is 0.609. The van der Waals surface area contributed by atoms with Crippen LogP contribution in [0.2, 0.25) is 0 Å². The van der Waals surface area contributed by atoms with E-state index in [4.69, 9.17) is 5.73 Å². The van der Waals surface area contributed by atoms with Crippen molar-refractivity contribution in [3.05, 3.63) is 0 Å². The Kier molecular flexibility index (Phi) is 13.7. The minimum absolute atomic E-state index is 0.164. The zero-order valence-electron chi connectivity index (χ0n) is 7.42. The van der Waals surface area contributed by atoms with Crippen LogP contribution in [0.1, 0.15) is 27.2 Å². The van der Waals surface area contributed by atoms with E-state index >= 15 is 0 Å². The fourth-order valence-corrected chi connectivity index (χ4v) is 0.276. The second-order valence-electron chi connectivity index (χ2n) is 1.56. The van der Waals surface area contributed by atoms with Gasteiger partial charge in [0.25, 0.3) is 0 Å². The largest absolute Gasteiger partial charge is 0.330 e. The van der Waals surface area contributed by atoms with Gasteiger partial charge < -0.3 is 5.73 Å². The van der Waals surface area contributed by atoms with Gasteiger partial charge in [0.1, 0.15) is 0 Å². The van der Waals surface area contributed by atoms with Crippen molar-refractivity contribution in [1.82, 2.24) is 5.43 Å². The number of rotatable bonds is 3. The Bertz CT molecular complexity index is 112. The first kappa shape index (κ1) is 12.7. The number of nitrogens with two attached hydrogens (primary N) is 1. The molecule has 0 heterocycles. The summed E-state index contributed by atoms with van der Waals surface area (Å²) in [5.74, 6) is -0.164. The molecule has 3 N–H and O–H groups in total. The summed E-state index contributed by atoms with van der Waals surface area (Å²) in [6.45, 7) is 5.96. The lowest BCUT2D eigenvalue weighted by Crippen LogP contribution is -2.12. The van der Waals surface area contributed by atoms with Crippen LogP contribution in [0.15, 0.2) is 5.10 Å². The lowest BCUT2D eigenvalue weighted by Gasteiger charge is -1.88. The molecule has 0 saturated carbocycles. The maximum atomic E-state index is 10.2. The number of amides is 1. The summed E-state index contributed by atoms with van der Waals surface area (Å²) < 4.78 is 0. The Hall–Kier alpha value is -0.900. The van der Waals surface area contributed by atoms with Crippen LogP contribution in [0, 0.1) is 0 Å². The first-order valence-electron chi connectivity index (χ1n) is 3.75. The fraction of sp³-hybridized carbons (Fsp3) is 0.714. The van der Waals surface area contributed by atoms with Crippen LogP contribution in [-0.4, -0.2) is 18.7 Å². The summed E-state index contributed by atoms with van der Waals surface area (Å²) in [6.07, 6.45) is 2.27. The maximum absolute atomic E-state index is 10.2. The summed E-state index contributed by atoms with van der Waals surface area (Å²) in [6, 6.07) is 0. The van der Waals surface area contributed by atoms with Gasteiger partial charge in [-0.3, -0.25) is 4.79 Å². The zero-order valence-corrected chi connectivity index (χ0v) is 7.42. The highest BCUT2D eigenvalue weighted by atomic mass is 16.2. The monoisotopic (exact) mass is 159 g/mol. The van der Waals surface area contributed by atoms with Gasteiger partial charge in [-0.2, -0.15) is 5.10 Å². The second-order valence-corrected chi connectivity index (χ2v) is 1.56. The molecule has 1 amide bonds.